The first kappa shape index (κ1) is 20.5. The molecule has 0 N–H and O–H groups in total. The Morgan fingerprint density at radius 2 is 1.97 bits per heavy atom. The van der Waals surface area contributed by atoms with Gasteiger partial charge in [-0.3, -0.25) is 4.79 Å². The Balaban J connectivity index is 1.45. The third kappa shape index (κ3) is 3.81. The van der Waals surface area contributed by atoms with Crippen molar-refractivity contribution in [3.8, 4) is 17.4 Å². The van der Waals surface area contributed by atoms with E-state index in [1.54, 1.807) is 37.6 Å². The Morgan fingerprint density at radius 1 is 1.16 bits per heavy atom. The van der Waals surface area contributed by atoms with E-state index in [4.69, 9.17) is 4.74 Å². The highest BCUT2D eigenvalue weighted by Gasteiger charge is 2.45. The Morgan fingerprint density at radius 3 is 2.72 bits per heavy atom. The van der Waals surface area contributed by atoms with E-state index in [-0.39, 0.29) is 23.9 Å². The molecule has 1 amide bonds. The summed E-state index contributed by atoms with van der Waals surface area (Å²) >= 11 is 0. The van der Waals surface area contributed by atoms with Crippen LogP contribution in [0.25, 0.3) is 11.5 Å². The van der Waals surface area contributed by atoms with Gasteiger partial charge in [0.2, 0.25) is 0 Å². The second-order valence-corrected chi connectivity index (χ2v) is 8.58. The molecule has 1 aliphatic carbocycles. The molecule has 164 valence electrons. The van der Waals surface area contributed by atoms with Gasteiger partial charge in [-0.05, 0) is 68.9 Å². The number of rotatable bonds is 4. The van der Waals surface area contributed by atoms with E-state index in [0.29, 0.717) is 29.5 Å². The van der Waals surface area contributed by atoms with Crippen molar-refractivity contribution in [1.29, 1.82) is 0 Å². The number of nitrogens with zero attached hydrogens (tertiary/aromatic N) is 5. The van der Waals surface area contributed by atoms with Crippen LogP contribution in [0.15, 0.2) is 42.9 Å². The molecule has 0 aromatic carbocycles. The average molecular weight is 433 g/mol. The van der Waals surface area contributed by atoms with E-state index in [1.807, 2.05) is 17.9 Å². The second kappa shape index (κ2) is 8.26. The molecule has 0 spiro atoms. The second-order valence-electron chi connectivity index (χ2n) is 8.58. The van der Waals surface area contributed by atoms with Crippen LogP contribution in [0, 0.1) is 25.6 Å². The number of hydrogen-bond donors (Lipinski definition) is 0. The Labute approximate surface area is 185 Å². The standard InChI is InChI=1S/C24H24FN5O2/c1-14-10-18(25)23(28-12-14)32-20-11-16-5-7-19(20)30(13-16)24(31)17-6-4-15(2)29-21(17)22-26-8-3-9-27-22/h3-4,6,8-10,12,16,19-20H,5,7,11,13H2,1-2H3. The predicted molar refractivity (Wildman–Crippen MR) is 116 cm³/mol. The quantitative estimate of drug-likeness (QED) is 0.623. The van der Waals surface area contributed by atoms with Crippen molar-refractivity contribution in [2.75, 3.05) is 6.54 Å². The maximum absolute atomic E-state index is 14.4. The number of piperidine rings is 2. The first-order valence-corrected chi connectivity index (χ1v) is 10.8. The Bertz CT molecular complexity index is 1160. The number of carbonyl (C=O) groups is 1. The zero-order chi connectivity index (χ0) is 22.2. The Kier molecular flexibility index (Phi) is 5.28. The summed E-state index contributed by atoms with van der Waals surface area (Å²) < 4.78 is 20.4. The highest BCUT2D eigenvalue weighted by molar-refractivity contribution is 5.99. The largest absolute Gasteiger partial charge is 0.470 e. The van der Waals surface area contributed by atoms with Crippen molar-refractivity contribution < 1.29 is 13.9 Å². The van der Waals surface area contributed by atoms with Gasteiger partial charge in [-0.1, -0.05) is 0 Å². The highest BCUT2D eigenvalue weighted by Crippen LogP contribution is 2.38. The van der Waals surface area contributed by atoms with Gasteiger partial charge in [-0.25, -0.2) is 24.3 Å². The summed E-state index contributed by atoms with van der Waals surface area (Å²) in [4.78, 5) is 32.8. The van der Waals surface area contributed by atoms with Crippen LogP contribution in [0.5, 0.6) is 5.88 Å². The molecule has 1 saturated carbocycles. The third-order valence-electron chi connectivity index (χ3n) is 6.23. The molecule has 3 atom stereocenters. The summed E-state index contributed by atoms with van der Waals surface area (Å²) in [6.45, 7) is 4.30. The summed E-state index contributed by atoms with van der Waals surface area (Å²) in [5.41, 5.74) is 2.46. The molecular weight excluding hydrogens is 409 g/mol. The molecule has 3 aliphatic rings. The average Bonchev–Trinajstić information content (AvgIpc) is 2.81. The zero-order valence-corrected chi connectivity index (χ0v) is 18.0. The number of fused-ring (bicyclic) bond motifs is 3. The molecule has 5 heterocycles. The van der Waals surface area contributed by atoms with Crippen molar-refractivity contribution in [1.82, 2.24) is 24.8 Å². The summed E-state index contributed by atoms with van der Waals surface area (Å²) in [6, 6.07) is 6.60. The number of ether oxygens (including phenoxy) is 1. The molecule has 2 saturated heterocycles. The fourth-order valence-corrected chi connectivity index (χ4v) is 4.72. The van der Waals surface area contributed by atoms with E-state index in [9.17, 15) is 9.18 Å². The van der Waals surface area contributed by atoms with Crippen molar-refractivity contribution in [2.45, 2.75) is 45.3 Å². The minimum absolute atomic E-state index is 0.00377. The Hall–Kier alpha value is -3.42. The van der Waals surface area contributed by atoms with Gasteiger partial charge in [0.25, 0.3) is 11.8 Å². The summed E-state index contributed by atoms with van der Waals surface area (Å²) in [7, 11) is 0. The summed E-state index contributed by atoms with van der Waals surface area (Å²) in [5.74, 6) is 0.115. The molecule has 3 fully saturated rings. The monoisotopic (exact) mass is 433 g/mol. The lowest BCUT2D eigenvalue weighted by Gasteiger charge is -2.49. The molecule has 8 heteroatoms. The van der Waals surface area contributed by atoms with Crippen LogP contribution >= 0.6 is 0 Å². The molecule has 0 radical (unpaired) electrons. The number of hydrogen-bond acceptors (Lipinski definition) is 6. The zero-order valence-electron chi connectivity index (χ0n) is 18.0. The van der Waals surface area contributed by atoms with E-state index in [0.717, 1.165) is 30.5 Å². The van der Waals surface area contributed by atoms with E-state index in [2.05, 4.69) is 19.9 Å². The molecule has 7 nitrogen and oxygen atoms in total. The van der Waals surface area contributed by atoms with Gasteiger partial charge < -0.3 is 9.64 Å². The maximum atomic E-state index is 14.4. The number of aromatic nitrogens is 4. The number of amides is 1. The number of pyridine rings is 2. The van der Waals surface area contributed by atoms with E-state index in [1.165, 1.54) is 6.07 Å². The molecule has 32 heavy (non-hydrogen) atoms. The molecule has 2 aliphatic heterocycles. The van der Waals surface area contributed by atoms with Crippen molar-refractivity contribution in [3.05, 3.63) is 65.5 Å². The topological polar surface area (TPSA) is 81.1 Å². The van der Waals surface area contributed by atoms with Gasteiger partial charge in [0, 0.05) is 30.8 Å². The smallest absolute Gasteiger partial charge is 0.256 e. The van der Waals surface area contributed by atoms with Crippen LogP contribution in [-0.4, -0.2) is 49.4 Å². The van der Waals surface area contributed by atoms with Crippen LogP contribution in [0.3, 0.4) is 0 Å². The maximum Gasteiger partial charge on any atom is 0.256 e. The van der Waals surface area contributed by atoms with Crippen LogP contribution in [-0.2, 0) is 0 Å². The van der Waals surface area contributed by atoms with Crippen LogP contribution in [0.1, 0.15) is 40.9 Å². The highest BCUT2D eigenvalue weighted by atomic mass is 19.1. The molecule has 6 rings (SSSR count). The molecule has 3 aromatic rings. The van der Waals surface area contributed by atoms with Crippen molar-refractivity contribution >= 4 is 5.91 Å². The van der Waals surface area contributed by atoms with Gasteiger partial charge in [0.05, 0.1) is 11.6 Å². The van der Waals surface area contributed by atoms with Crippen LogP contribution < -0.4 is 4.74 Å². The number of halogens is 1. The first-order valence-electron chi connectivity index (χ1n) is 10.8. The predicted octanol–water partition coefficient (Wildman–Crippen LogP) is 3.76. The fourth-order valence-electron chi connectivity index (χ4n) is 4.72. The van der Waals surface area contributed by atoms with Gasteiger partial charge in [0.1, 0.15) is 11.8 Å². The van der Waals surface area contributed by atoms with Gasteiger partial charge in [-0.2, -0.15) is 0 Å². The van der Waals surface area contributed by atoms with Crippen LogP contribution in [0.2, 0.25) is 0 Å². The third-order valence-corrected chi connectivity index (χ3v) is 6.23. The number of carbonyl (C=O) groups excluding carboxylic acids is 1. The minimum Gasteiger partial charge on any atom is -0.470 e. The van der Waals surface area contributed by atoms with Gasteiger partial charge >= 0.3 is 0 Å². The lowest BCUT2D eigenvalue weighted by atomic mass is 9.77. The number of aryl methyl sites for hydroxylation is 2. The summed E-state index contributed by atoms with van der Waals surface area (Å²) in [6.07, 6.45) is 7.18. The SMILES string of the molecule is Cc1cnc(OC2CC3CCC2N(C(=O)c2ccc(C)nc2-c2ncccn2)C3)c(F)c1. The molecule has 3 aromatic heterocycles. The van der Waals surface area contributed by atoms with Gasteiger partial charge in [0.15, 0.2) is 11.6 Å². The van der Waals surface area contributed by atoms with Crippen molar-refractivity contribution in [2.24, 2.45) is 5.92 Å². The normalized spacial score (nSPS) is 22.1. The molecular formula is C24H24FN5O2. The van der Waals surface area contributed by atoms with E-state index >= 15 is 0 Å². The van der Waals surface area contributed by atoms with E-state index < -0.39 is 5.82 Å². The lowest BCUT2D eigenvalue weighted by molar-refractivity contribution is -0.0326. The first-order chi connectivity index (χ1) is 15.5. The summed E-state index contributed by atoms with van der Waals surface area (Å²) in [5, 5.41) is 0. The van der Waals surface area contributed by atoms with Gasteiger partial charge in [-0.15, -0.1) is 0 Å². The fraction of sp³-hybridized carbons (Fsp3) is 0.375. The minimum atomic E-state index is -0.476. The van der Waals surface area contributed by atoms with Crippen LogP contribution in [0.4, 0.5) is 4.39 Å². The molecule has 2 bridgehead atoms. The lowest BCUT2D eigenvalue weighted by Crippen LogP contribution is -2.59. The van der Waals surface area contributed by atoms with Crippen molar-refractivity contribution in [3.63, 3.8) is 0 Å². The molecule has 3 unspecified atom stereocenters.